The van der Waals surface area contributed by atoms with Crippen LogP contribution in [0.5, 0.6) is 0 Å². The minimum Gasteiger partial charge on any atom is -0.468 e. The molecule has 0 fully saturated rings. The van der Waals surface area contributed by atoms with E-state index in [4.69, 9.17) is 4.74 Å². The van der Waals surface area contributed by atoms with Crippen molar-refractivity contribution in [1.29, 1.82) is 0 Å². The third kappa shape index (κ3) is 5.18. The van der Waals surface area contributed by atoms with Crippen molar-refractivity contribution in [3.63, 3.8) is 0 Å². The Morgan fingerprint density at radius 2 is 1.74 bits per heavy atom. The molecular weight excluding hydrogens is 428 g/mol. The molecule has 0 atom stereocenters. The average Bonchev–Trinajstić information content (AvgIpc) is 2.72. The first kappa shape index (κ1) is 23.8. The van der Waals surface area contributed by atoms with Crippen LogP contribution < -0.4 is 4.31 Å². The maximum atomic E-state index is 13.4. The molecule has 0 unspecified atom stereocenters. The Morgan fingerprint density at radius 3 is 2.32 bits per heavy atom. The zero-order valence-corrected chi connectivity index (χ0v) is 18.3. The van der Waals surface area contributed by atoms with E-state index in [0.29, 0.717) is 5.56 Å². The van der Waals surface area contributed by atoms with Crippen LogP contribution in [0.15, 0.2) is 41.3 Å². The number of nitro benzene ring substituents is 1. The number of rotatable bonds is 8. The second-order valence-electron chi connectivity index (χ2n) is 6.51. The number of carbonyl (C=O) groups is 2. The van der Waals surface area contributed by atoms with E-state index in [9.17, 15) is 28.1 Å². The minimum atomic E-state index is -4.43. The molecule has 31 heavy (non-hydrogen) atoms. The van der Waals surface area contributed by atoms with Gasteiger partial charge in [0, 0.05) is 11.6 Å². The van der Waals surface area contributed by atoms with Gasteiger partial charge < -0.3 is 9.47 Å². The van der Waals surface area contributed by atoms with Crippen LogP contribution in [-0.2, 0) is 24.3 Å². The lowest BCUT2D eigenvalue weighted by Crippen LogP contribution is -2.37. The average molecular weight is 450 g/mol. The van der Waals surface area contributed by atoms with Crippen LogP contribution >= 0.6 is 0 Å². The summed E-state index contributed by atoms with van der Waals surface area (Å²) in [5.41, 5.74) is 0.476. The molecule has 11 heteroatoms. The molecule has 0 saturated heterocycles. The molecule has 2 rings (SSSR count). The van der Waals surface area contributed by atoms with Gasteiger partial charge in [0.1, 0.15) is 6.54 Å². The number of hydrogen-bond donors (Lipinski definition) is 0. The van der Waals surface area contributed by atoms with Crippen LogP contribution in [0.3, 0.4) is 0 Å². The maximum Gasteiger partial charge on any atom is 0.338 e. The Bertz CT molecular complexity index is 1130. The van der Waals surface area contributed by atoms with Crippen LogP contribution in [0.2, 0.25) is 0 Å². The van der Waals surface area contributed by atoms with E-state index in [0.717, 1.165) is 17.5 Å². The van der Waals surface area contributed by atoms with Gasteiger partial charge in [0.2, 0.25) is 0 Å². The fourth-order valence-corrected chi connectivity index (χ4v) is 4.26. The third-order valence-electron chi connectivity index (χ3n) is 4.45. The SMILES string of the molecule is CCOC(=O)c1ccc(C)c(N(CC(=O)OC)S(=O)(=O)c2ccc(C)c([N+](=O)[O-])c2)c1. The predicted octanol–water partition coefficient (Wildman–Crippen LogP) is 2.76. The van der Waals surface area contributed by atoms with E-state index in [-0.39, 0.29) is 34.0 Å². The van der Waals surface area contributed by atoms with Crippen molar-refractivity contribution < 1.29 is 32.4 Å². The molecule has 0 aliphatic heterocycles. The van der Waals surface area contributed by atoms with Gasteiger partial charge in [-0.05, 0) is 44.5 Å². The fourth-order valence-electron chi connectivity index (χ4n) is 2.77. The molecule has 0 aromatic heterocycles. The predicted molar refractivity (Wildman–Crippen MR) is 112 cm³/mol. The highest BCUT2D eigenvalue weighted by Gasteiger charge is 2.31. The zero-order chi connectivity index (χ0) is 23.3. The number of sulfonamides is 1. The molecule has 10 nitrogen and oxygen atoms in total. The number of esters is 2. The standard InChI is InChI=1S/C20H22N2O8S/c1-5-30-20(24)15-8-6-13(2)17(10-15)21(12-19(23)29-4)31(27,28)16-9-7-14(3)18(11-16)22(25)26/h6-11H,5,12H2,1-4H3. The number of anilines is 1. The van der Waals surface area contributed by atoms with E-state index in [1.807, 2.05) is 0 Å². The first-order valence-electron chi connectivity index (χ1n) is 9.15. The lowest BCUT2D eigenvalue weighted by atomic mass is 10.1. The van der Waals surface area contributed by atoms with Gasteiger partial charge in [0.15, 0.2) is 0 Å². The summed E-state index contributed by atoms with van der Waals surface area (Å²) in [6.07, 6.45) is 0. The molecule has 0 aliphatic carbocycles. The molecule has 0 spiro atoms. The summed E-state index contributed by atoms with van der Waals surface area (Å²) < 4.78 is 37.2. The quantitative estimate of drug-likeness (QED) is 0.340. The van der Waals surface area contributed by atoms with Gasteiger partial charge in [-0.25, -0.2) is 13.2 Å². The molecule has 0 amide bonds. The molecule has 0 radical (unpaired) electrons. The van der Waals surface area contributed by atoms with Gasteiger partial charge in [-0.3, -0.25) is 19.2 Å². The number of nitro groups is 1. The van der Waals surface area contributed by atoms with E-state index in [2.05, 4.69) is 4.74 Å². The van der Waals surface area contributed by atoms with Crippen molar-refractivity contribution in [2.24, 2.45) is 0 Å². The van der Waals surface area contributed by atoms with Crippen molar-refractivity contribution in [2.45, 2.75) is 25.7 Å². The number of hydrogen-bond acceptors (Lipinski definition) is 8. The molecule has 2 aromatic rings. The van der Waals surface area contributed by atoms with Gasteiger partial charge in [0.05, 0.1) is 34.8 Å². The molecule has 166 valence electrons. The van der Waals surface area contributed by atoms with Crippen LogP contribution in [0, 0.1) is 24.0 Å². The maximum absolute atomic E-state index is 13.4. The van der Waals surface area contributed by atoms with E-state index >= 15 is 0 Å². The summed E-state index contributed by atoms with van der Waals surface area (Å²) in [6.45, 7) is 4.13. The highest BCUT2D eigenvalue weighted by molar-refractivity contribution is 7.92. The van der Waals surface area contributed by atoms with Crippen LogP contribution in [0.4, 0.5) is 11.4 Å². The fraction of sp³-hybridized carbons (Fsp3) is 0.300. The second-order valence-corrected chi connectivity index (χ2v) is 8.38. The number of benzene rings is 2. The van der Waals surface area contributed by atoms with E-state index < -0.39 is 33.4 Å². The number of aryl methyl sites for hydroxylation is 2. The second kappa shape index (κ2) is 9.56. The van der Waals surface area contributed by atoms with Crippen LogP contribution in [-0.4, -0.2) is 45.5 Å². The summed E-state index contributed by atoms with van der Waals surface area (Å²) in [5.74, 6) is -1.52. The van der Waals surface area contributed by atoms with Gasteiger partial charge in [0.25, 0.3) is 15.7 Å². The Balaban J connectivity index is 2.69. The van der Waals surface area contributed by atoms with Crippen molar-refractivity contribution >= 4 is 33.3 Å². The topological polar surface area (TPSA) is 133 Å². The molecule has 0 bridgehead atoms. The van der Waals surface area contributed by atoms with Gasteiger partial charge in [-0.2, -0.15) is 0 Å². The van der Waals surface area contributed by atoms with Crippen LogP contribution in [0.1, 0.15) is 28.4 Å². The largest absolute Gasteiger partial charge is 0.468 e. The van der Waals surface area contributed by atoms with Crippen molar-refractivity contribution in [3.05, 3.63) is 63.2 Å². The number of nitrogens with zero attached hydrogens (tertiary/aromatic N) is 2. The third-order valence-corrected chi connectivity index (χ3v) is 6.21. The summed E-state index contributed by atoms with van der Waals surface area (Å²) in [6, 6.07) is 7.72. The monoisotopic (exact) mass is 450 g/mol. The summed E-state index contributed by atoms with van der Waals surface area (Å²) in [7, 11) is -3.33. The first-order chi connectivity index (χ1) is 14.5. The Labute approximate surface area is 179 Å². The summed E-state index contributed by atoms with van der Waals surface area (Å²) >= 11 is 0. The summed E-state index contributed by atoms with van der Waals surface area (Å²) in [5, 5.41) is 11.3. The first-order valence-corrected chi connectivity index (χ1v) is 10.6. The van der Waals surface area contributed by atoms with Gasteiger partial charge in [-0.1, -0.05) is 12.1 Å². The number of methoxy groups -OCH3 is 1. The highest BCUT2D eigenvalue weighted by Crippen LogP contribution is 2.30. The zero-order valence-electron chi connectivity index (χ0n) is 17.4. The van der Waals surface area contributed by atoms with Crippen molar-refractivity contribution in [2.75, 3.05) is 24.6 Å². The van der Waals surface area contributed by atoms with Gasteiger partial charge in [-0.15, -0.1) is 0 Å². The highest BCUT2D eigenvalue weighted by atomic mass is 32.2. The van der Waals surface area contributed by atoms with Crippen molar-refractivity contribution in [1.82, 2.24) is 0 Å². The molecule has 2 aromatic carbocycles. The molecule has 0 heterocycles. The Hall–Kier alpha value is -3.47. The number of ether oxygens (including phenoxy) is 2. The van der Waals surface area contributed by atoms with Gasteiger partial charge >= 0.3 is 11.9 Å². The molecular formula is C20H22N2O8S. The minimum absolute atomic E-state index is 0.0409. The number of carbonyl (C=O) groups excluding carboxylic acids is 2. The summed E-state index contributed by atoms with van der Waals surface area (Å²) in [4.78, 5) is 34.3. The van der Waals surface area contributed by atoms with E-state index in [1.54, 1.807) is 13.8 Å². The van der Waals surface area contributed by atoms with E-state index in [1.165, 1.54) is 37.3 Å². The Kier molecular flexibility index (Phi) is 7.34. The Morgan fingerprint density at radius 1 is 1.10 bits per heavy atom. The molecule has 0 saturated carbocycles. The smallest absolute Gasteiger partial charge is 0.338 e. The molecule has 0 aliphatic rings. The normalized spacial score (nSPS) is 11.0. The lowest BCUT2D eigenvalue weighted by Gasteiger charge is -2.25. The lowest BCUT2D eigenvalue weighted by molar-refractivity contribution is -0.385. The van der Waals surface area contributed by atoms with Crippen LogP contribution in [0.25, 0.3) is 0 Å². The molecule has 0 N–H and O–H groups in total. The van der Waals surface area contributed by atoms with Crippen molar-refractivity contribution in [3.8, 4) is 0 Å².